The molecule has 1 aromatic carbocycles. The summed E-state index contributed by atoms with van der Waals surface area (Å²) >= 11 is 5.96. The number of carbonyl (C=O) groups is 1. The number of hydrogen-bond acceptors (Lipinski definition) is 5. The number of nitrogens with one attached hydrogen (secondary N) is 1. The fourth-order valence-electron chi connectivity index (χ4n) is 2.64. The van der Waals surface area contributed by atoms with Gasteiger partial charge in [0, 0.05) is 16.8 Å². The Morgan fingerprint density at radius 1 is 1.18 bits per heavy atom. The lowest BCUT2D eigenvalue weighted by Crippen LogP contribution is -2.21. The third kappa shape index (κ3) is 4.16. The van der Waals surface area contributed by atoms with Crippen LogP contribution >= 0.6 is 11.6 Å². The summed E-state index contributed by atoms with van der Waals surface area (Å²) in [5.74, 6) is -1.52. The van der Waals surface area contributed by atoms with Gasteiger partial charge in [0.25, 0.3) is 17.5 Å². The monoisotopic (exact) mass is 413 g/mol. The van der Waals surface area contributed by atoms with Gasteiger partial charge in [-0.3, -0.25) is 4.79 Å². The number of hydrogen-bond donors (Lipinski definition) is 1. The Morgan fingerprint density at radius 2 is 1.82 bits per heavy atom. The first-order valence-corrected chi connectivity index (χ1v) is 8.43. The smallest absolute Gasteiger partial charge is 0.453 e. The highest BCUT2D eigenvalue weighted by Gasteiger charge is 2.36. The normalized spacial score (nSPS) is 11.7. The summed E-state index contributed by atoms with van der Waals surface area (Å²) in [6, 6.07) is 4.81. The number of alkyl halides is 3. The Morgan fingerprint density at radius 3 is 2.43 bits per heavy atom. The van der Waals surface area contributed by atoms with Gasteiger partial charge in [-0.25, -0.2) is 4.52 Å². The molecule has 1 N–H and O–H groups in total. The number of benzene rings is 1. The number of halogens is 4. The van der Waals surface area contributed by atoms with Crippen LogP contribution in [0.3, 0.4) is 0 Å². The van der Waals surface area contributed by atoms with E-state index in [1.165, 1.54) is 13.0 Å². The summed E-state index contributed by atoms with van der Waals surface area (Å²) in [5, 5.41) is 6.42. The molecule has 3 rings (SSSR count). The Balaban J connectivity index is 1.74. The second kappa shape index (κ2) is 7.27. The van der Waals surface area contributed by atoms with Crippen molar-refractivity contribution >= 4 is 29.1 Å². The molecule has 1 amide bonds. The van der Waals surface area contributed by atoms with Gasteiger partial charge in [0.1, 0.15) is 11.6 Å². The first kappa shape index (κ1) is 19.9. The van der Waals surface area contributed by atoms with Crippen LogP contribution in [0.1, 0.15) is 22.6 Å². The van der Waals surface area contributed by atoms with Gasteiger partial charge in [0.15, 0.2) is 6.61 Å². The van der Waals surface area contributed by atoms with Gasteiger partial charge < -0.3 is 10.1 Å². The van der Waals surface area contributed by atoms with Crippen LogP contribution in [0.4, 0.5) is 19.0 Å². The van der Waals surface area contributed by atoms with Crippen molar-refractivity contribution in [3.05, 3.63) is 45.9 Å². The molecule has 7 nitrogen and oxygen atoms in total. The van der Waals surface area contributed by atoms with E-state index in [1.807, 2.05) is 0 Å². The highest BCUT2D eigenvalue weighted by Crippen LogP contribution is 2.28. The van der Waals surface area contributed by atoms with Gasteiger partial charge in [-0.2, -0.15) is 23.1 Å². The molecule has 0 unspecified atom stereocenters. The average Bonchev–Trinajstić information content (AvgIpc) is 2.98. The third-order valence-corrected chi connectivity index (χ3v) is 4.00. The number of anilines is 1. The molecular formula is C17H15ClF3N5O2. The van der Waals surface area contributed by atoms with Crippen molar-refractivity contribution in [3.8, 4) is 5.75 Å². The van der Waals surface area contributed by atoms with E-state index in [4.69, 9.17) is 16.3 Å². The average molecular weight is 414 g/mol. The highest BCUT2D eigenvalue weighted by atomic mass is 35.5. The Bertz CT molecular complexity index is 1040. The summed E-state index contributed by atoms with van der Waals surface area (Å²) in [6.07, 6.45) is -4.69. The van der Waals surface area contributed by atoms with E-state index >= 15 is 0 Å². The van der Waals surface area contributed by atoms with Crippen molar-refractivity contribution in [2.24, 2.45) is 0 Å². The zero-order valence-electron chi connectivity index (χ0n) is 15.1. The molecule has 0 atom stereocenters. The predicted octanol–water partition coefficient (Wildman–Crippen LogP) is 3.74. The van der Waals surface area contributed by atoms with Gasteiger partial charge >= 0.3 is 6.18 Å². The first-order valence-electron chi connectivity index (χ1n) is 8.05. The van der Waals surface area contributed by atoms with Gasteiger partial charge in [-0.15, -0.1) is 5.10 Å². The minimum absolute atomic E-state index is 0.0456. The lowest BCUT2D eigenvalue weighted by atomic mass is 10.1. The van der Waals surface area contributed by atoms with Crippen molar-refractivity contribution in [3.63, 3.8) is 0 Å². The van der Waals surface area contributed by atoms with Gasteiger partial charge in [0.2, 0.25) is 0 Å². The minimum atomic E-state index is -4.69. The molecule has 148 valence electrons. The van der Waals surface area contributed by atoms with Crippen molar-refractivity contribution in [1.29, 1.82) is 0 Å². The van der Waals surface area contributed by atoms with Crippen LogP contribution in [0.2, 0.25) is 5.02 Å². The molecule has 0 aliphatic carbocycles. The second-order valence-electron chi connectivity index (χ2n) is 6.13. The van der Waals surface area contributed by atoms with E-state index in [9.17, 15) is 18.0 Å². The van der Waals surface area contributed by atoms with Crippen molar-refractivity contribution in [2.75, 3.05) is 11.9 Å². The maximum Gasteiger partial charge on any atom is 0.453 e. The van der Waals surface area contributed by atoms with E-state index in [-0.39, 0.29) is 18.2 Å². The number of rotatable bonds is 4. The van der Waals surface area contributed by atoms with E-state index in [0.29, 0.717) is 16.5 Å². The molecule has 2 heterocycles. The molecule has 3 aromatic rings. The van der Waals surface area contributed by atoms with Crippen molar-refractivity contribution < 1.29 is 22.7 Å². The quantitative estimate of drug-likeness (QED) is 0.704. The first-order chi connectivity index (χ1) is 13.0. The molecule has 2 aromatic heterocycles. The number of aromatic nitrogens is 4. The largest absolute Gasteiger partial charge is 0.483 e. The summed E-state index contributed by atoms with van der Waals surface area (Å²) in [6.45, 7) is 4.81. The standard InChI is InChI=1S/C17H15ClF3N5O2/c1-8-4-11(18)5-9(2)14(8)28-7-13(27)22-12-6-10(3)26-16(23-12)24-15(25-26)17(19,20)21/h4-6H,7H2,1-3H3,(H,22,23,24,25,27). The highest BCUT2D eigenvalue weighted by molar-refractivity contribution is 6.30. The van der Waals surface area contributed by atoms with E-state index in [2.05, 4.69) is 20.4 Å². The van der Waals surface area contributed by atoms with Gasteiger partial charge in [-0.1, -0.05) is 11.6 Å². The Labute approximate surface area is 162 Å². The molecule has 0 saturated heterocycles. The molecule has 0 spiro atoms. The molecule has 11 heteroatoms. The van der Waals surface area contributed by atoms with Crippen LogP contribution in [0.15, 0.2) is 18.2 Å². The second-order valence-corrected chi connectivity index (χ2v) is 6.57. The molecule has 0 saturated carbocycles. The van der Waals surface area contributed by atoms with Crippen LogP contribution in [0, 0.1) is 20.8 Å². The maximum absolute atomic E-state index is 12.8. The number of fused-ring (bicyclic) bond motifs is 1. The van der Waals surface area contributed by atoms with Crippen LogP contribution in [0.5, 0.6) is 5.75 Å². The SMILES string of the molecule is Cc1cc(Cl)cc(C)c1OCC(=O)Nc1cc(C)n2nc(C(F)(F)F)nc2n1. The fraction of sp³-hybridized carbons (Fsp3) is 0.294. The molecule has 28 heavy (non-hydrogen) atoms. The Hall–Kier alpha value is -2.88. The number of ether oxygens (including phenoxy) is 1. The topological polar surface area (TPSA) is 81.4 Å². The number of carbonyl (C=O) groups excluding carboxylic acids is 1. The molecular weight excluding hydrogens is 399 g/mol. The predicted molar refractivity (Wildman–Crippen MR) is 95.6 cm³/mol. The van der Waals surface area contributed by atoms with Crippen molar-refractivity contribution in [2.45, 2.75) is 26.9 Å². The van der Waals surface area contributed by atoms with Crippen LogP contribution < -0.4 is 10.1 Å². The lowest BCUT2D eigenvalue weighted by Gasteiger charge is -2.12. The molecule has 0 fully saturated rings. The zero-order valence-corrected chi connectivity index (χ0v) is 15.8. The number of aryl methyl sites for hydroxylation is 3. The number of amides is 1. The maximum atomic E-state index is 12.8. The van der Waals surface area contributed by atoms with Crippen LogP contribution in [-0.4, -0.2) is 32.1 Å². The fourth-order valence-corrected chi connectivity index (χ4v) is 2.97. The molecule has 0 aliphatic heterocycles. The van der Waals surface area contributed by atoms with E-state index in [0.717, 1.165) is 15.6 Å². The van der Waals surface area contributed by atoms with Gasteiger partial charge in [-0.05, 0) is 44.0 Å². The lowest BCUT2D eigenvalue weighted by molar-refractivity contribution is -0.144. The van der Waals surface area contributed by atoms with Gasteiger partial charge in [0.05, 0.1) is 0 Å². The van der Waals surface area contributed by atoms with E-state index < -0.39 is 17.9 Å². The van der Waals surface area contributed by atoms with Crippen molar-refractivity contribution in [1.82, 2.24) is 19.6 Å². The third-order valence-electron chi connectivity index (χ3n) is 3.78. The molecule has 0 radical (unpaired) electrons. The Kier molecular flexibility index (Phi) is 5.16. The summed E-state index contributed by atoms with van der Waals surface area (Å²) in [7, 11) is 0. The summed E-state index contributed by atoms with van der Waals surface area (Å²) in [5.41, 5.74) is 1.88. The zero-order chi connectivity index (χ0) is 20.6. The molecule has 0 bridgehead atoms. The molecule has 0 aliphatic rings. The van der Waals surface area contributed by atoms with E-state index in [1.54, 1.807) is 26.0 Å². The van der Waals surface area contributed by atoms with Crippen LogP contribution in [0.25, 0.3) is 5.78 Å². The van der Waals surface area contributed by atoms with Crippen LogP contribution in [-0.2, 0) is 11.0 Å². The minimum Gasteiger partial charge on any atom is -0.483 e. The summed E-state index contributed by atoms with van der Waals surface area (Å²) in [4.78, 5) is 19.4. The number of nitrogens with zero attached hydrogens (tertiary/aromatic N) is 4. The summed E-state index contributed by atoms with van der Waals surface area (Å²) < 4.78 is 44.8.